The van der Waals surface area contributed by atoms with Gasteiger partial charge in [-0.2, -0.15) is 0 Å². The van der Waals surface area contributed by atoms with E-state index in [1.54, 1.807) is 11.8 Å². The van der Waals surface area contributed by atoms with Gasteiger partial charge in [0.15, 0.2) is 11.0 Å². The summed E-state index contributed by atoms with van der Waals surface area (Å²) in [7, 11) is 0. The fraction of sp³-hybridized carbons (Fsp3) is 0.310. The van der Waals surface area contributed by atoms with Gasteiger partial charge in [-0.05, 0) is 25.0 Å². The van der Waals surface area contributed by atoms with Crippen molar-refractivity contribution in [3.8, 4) is 11.4 Å². The molecule has 6 heteroatoms. The number of fused-ring (bicyclic) bond motifs is 3. The normalized spacial score (nSPS) is 15.7. The third kappa shape index (κ3) is 4.37. The van der Waals surface area contributed by atoms with E-state index < -0.39 is 6.10 Å². The van der Waals surface area contributed by atoms with Gasteiger partial charge in [0.1, 0.15) is 0 Å². The molecule has 1 N–H and O–H groups in total. The lowest BCUT2D eigenvalue weighted by atomic mass is 9.95. The molecule has 0 spiro atoms. The first-order valence-electron chi connectivity index (χ1n) is 12.6. The lowest BCUT2D eigenvalue weighted by Crippen LogP contribution is -2.19. The van der Waals surface area contributed by atoms with Gasteiger partial charge in [0.05, 0.1) is 12.6 Å². The molecule has 0 unspecified atom stereocenters. The minimum Gasteiger partial charge on any atom is -0.390 e. The molecule has 0 radical (unpaired) electrons. The fourth-order valence-electron chi connectivity index (χ4n) is 5.46. The molecule has 1 aliphatic rings. The number of benzene rings is 3. The van der Waals surface area contributed by atoms with Gasteiger partial charge >= 0.3 is 0 Å². The van der Waals surface area contributed by atoms with Crippen LogP contribution in [0.2, 0.25) is 0 Å². The number of hydrogen-bond donors (Lipinski definition) is 1. The standard InChI is InChI=1S/C29H30N4OS/c34-23(19-32-26-17-9-7-15-24(26)25-16-8-10-18-27(25)32)20-35-29-31-30-28(21-11-3-1-4-12-21)33(29)22-13-5-2-6-14-22/h1,3-4,7-12,15-18,22-23,34H,2,5-6,13-14,19-20H2/t23-/m1/s1. The van der Waals surface area contributed by atoms with Crippen LogP contribution in [0, 0.1) is 0 Å². The number of aliphatic hydroxyl groups excluding tert-OH is 1. The van der Waals surface area contributed by atoms with Gasteiger partial charge in [-0.1, -0.05) is 97.8 Å². The summed E-state index contributed by atoms with van der Waals surface area (Å²) in [6.07, 6.45) is 5.62. The summed E-state index contributed by atoms with van der Waals surface area (Å²) in [5, 5.41) is 23.7. The zero-order valence-corrected chi connectivity index (χ0v) is 20.6. The van der Waals surface area contributed by atoms with Gasteiger partial charge in [-0.3, -0.25) is 4.57 Å². The Morgan fingerprint density at radius 3 is 2.11 bits per heavy atom. The minimum atomic E-state index is -0.504. The van der Waals surface area contributed by atoms with Crippen molar-refractivity contribution in [2.45, 2.75) is 56.0 Å². The summed E-state index contributed by atoms with van der Waals surface area (Å²) >= 11 is 1.62. The maximum Gasteiger partial charge on any atom is 0.191 e. The number of aliphatic hydroxyl groups is 1. The van der Waals surface area contributed by atoms with E-state index in [0.29, 0.717) is 18.3 Å². The molecular formula is C29H30N4OS. The molecule has 1 aliphatic carbocycles. The SMILES string of the molecule is O[C@@H](CSc1nnc(-c2ccccc2)n1C1CCCCC1)Cn1c2ccccc2c2ccccc21. The van der Waals surface area contributed by atoms with E-state index in [4.69, 9.17) is 0 Å². The maximum atomic E-state index is 11.1. The van der Waals surface area contributed by atoms with Gasteiger partial charge in [0.2, 0.25) is 0 Å². The molecule has 1 atom stereocenters. The minimum absolute atomic E-state index is 0.422. The smallest absolute Gasteiger partial charge is 0.191 e. The van der Waals surface area contributed by atoms with Gasteiger partial charge in [-0.25, -0.2) is 0 Å². The molecule has 5 aromatic rings. The number of hydrogen-bond acceptors (Lipinski definition) is 4. The third-order valence-corrected chi connectivity index (χ3v) is 8.20. The van der Waals surface area contributed by atoms with Crippen LogP contribution in [0.4, 0.5) is 0 Å². The van der Waals surface area contributed by atoms with E-state index in [0.717, 1.165) is 40.4 Å². The summed E-state index contributed by atoms with van der Waals surface area (Å²) in [5.41, 5.74) is 3.42. The molecule has 1 saturated carbocycles. The van der Waals surface area contributed by atoms with E-state index in [9.17, 15) is 5.11 Å². The highest BCUT2D eigenvalue weighted by molar-refractivity contribution is 7.99. The first-order chi connectivity index (χ1) is 17.3. The molecule has 0 bridgehead atoms. The van der Waals surface area contributed by atoms with Crippen LogP contribution in [0.5, 0.6) is 0 Å². The van der Waals surface area contributed by atoms with E-state index in [2.05, 4.69) is 92.1 Å². The van der Waals surface area contributed by atoms with E-state index in [1.165, 1.54) is 30.0 Å². The summed E-state index contributed by atoms with van der Waals surface area (Å²) in [4.78, 5) is 0. The Hall–Kier alpha value is -3.09. The fourth-order valence-corrected chi connectivity index (χ4v) is 6.38. The molecule has 0 amide bonds. The van der Waals surface area contributed by atoms with Crippen LogP contribution in [-0.2, 0) is 6.54 Å². The maximum absolute atomic E-state index is 11.1. The lowest BCUT2D eigenvalue weighted by Gasteiger charge is -2.26. The molecule has 5 nitrogen and oxygen atoms in total. The molecule has 0 aliphatic heterocycles. The van der Waals surface area contributed by atoms with Crippen LogP contribution < -0.4 is 0 Å². The highest BCUT2D eigenvalue weighted by Gasteiger charge is 2.24. The van der Waals surface area contributed by atoms with Gasteiger partial charge in [0.25, 0.3) is 0 Å². The molecule has 3 aromatic carbocycles. The first-order valence-corrected chi connectivity index (χ1v) is 13.6. The average Bonchev–Trinajstić information content (AvgIpc) is 3.48. The molecule has 6 rings (SSSR count). The summed E-state index contributed by atoms with van der Waals surface area (Å²) in [6.45, 7) is 0.546. The largest absolute Gasteiger partial charge is 0.390 e. The zero-order valence-electron chi connectivity index (χ0n) is 19.8. The molecule has 1 fully saturated rings. The second-order valence-corrected chi connectivity index (χ2v) is 10.4. The Labute approximate surface area is 209 Å². The van der Waals surface area contributed by atoms with E-state index >= 15 is 0 Å². The van der Waals surface area contributed by atoms with Crippen molar-refractivity contribution in [1.82, 2.24) is 19.3 Å². The highest BCUT2D eigenvalue weighted by Crippen LogP contribution is 2.36. The first kappa shape index (κ1) is 22.4. The van der Waals surface area contributed by atoms with Gasteiger partial charge in [-0.15, -0.1) is 10.2 Å². The highest BCUT2D eigenvalue weighted by atomic mass is 32.2. The van der Waals surface area contributed by atoms with Crippen molar-refractivity contribution in [2.24, 2.45) is 0 Å². The predicted octanol–water partition coefficient (Wildman–Crippen LogP) is 6.71. The Balaban J connectivity index is 1.26. The molecular weight excluding hydrogens is 452 g/mol. The lowest BCUT2D eigenvalue weighted by molar-refractivity contribution is 0.181. The van der Waals surface area contributed by atoms with Crippen LogP contribution in [-0.4, -0.2) is 36.3 Å². The quantitative estimate of drug-likeness (QED) is 0.262. The number of rotatable bonds is 7. The Morgan fingerprint density at radius 2 is 1.43 bits per heavy atom. The Morgan fingerprint density at radius 1 is 0.800 bits per heavy atom. The summed E-state index contributed by atoms with van der Waals surface area (Å²) in [6, 6.07) is 27.7. The molecule has 2 aromatic heterocycles. The number of aromatic nitrogens is 4. The van der Waals surface area contributed by atoms with Crippen molar-refractivity contribution in [3.05, 3.63) is 78.9 Å². The Bertz CT molecular complexity index is 1380. The molecule has 178 valence electrons. The average molecular weight is 483 g/mol. The number of thioether (sulfide) groups is 1. The van der Waals surface area contributed by atoms with Crippen molar-refractivity contribution in [1.29, 1.82) is 0 Å². The monoisotopic (exact) mass is 482 g/mol. The zero-order chi connectivity index (χ0) is 23.6. The van der Waals surface area contributed by atoms with Crippen molar-refractivity contribution < 1.29 is 5.11 Å². The van der Waals surface area contributed by atoms with Crippen LogP contribution >= 0.6 is 11.8 Å². The topological polar surface area (TPSA) is 55.9 Å². The van der Waals surface area contributed by atoms with E-state index in [-0.39, 0.29) is 0 Å². The number of nitrogens with zero attached hydrogens (tertiary/aromatic N) is 4. The van der Waals surface area contributed by atoms with Crippen molar-refractivity contribution in [2.75, 3.05) is 5.75 Å². The molecule has 0 saturated heterocycles. The van der Waals surface area contributed by atoms with Gasteiger partial charge in [0, 0.05) is 39.2 Å². The second kappa shape index (κ2) is 9.88. The predicted molar refractivity (Wildman–Crippen MR) is 144 cm³/mol. The second-order valence-electron chi connectivity index (χ2n) is 9.44. The van der Waals surface area contributed by atoms with Crippen molar-refractivity contribution >= 4 is 33.6 Å². The van der Waals surface area contributed by atoms with E-state index in [1.807, 2.05) is 6.07 Å². The molecule has 35 heavy (non-hydrogen) atoms. The molecule has 2 heterocycles. The van der Waals surface area contributed by atoms with Crippen LogP contribution in [0.1, 0.15) is 38.1 Å². The third-order valence-electron chi connectivity index (χ3n) is 7.11. The van der Waals surface area contributed by atoms with Gasteiger partial charge < -0.3 is 9.67 Å². The Kier molecular flexibility index (Phi) is 6.32. The van der Waals surface area contributed by atoms with Crippen LogP contribution in [0.3, 0.4) is 0 Å². The van der Waals surface area contributed by atoms with Crippen molar-refractivity contribution in [3.63, 3.8) is 0 Å². The summed E-state index contributed by atoms with van der Waals surface area (Å²) in [5.74, 6) is 1.51. The van der Waals surface area contributed by atoms with Crippen LogP contribution in [0.25, 0.3) is 33.2 Å². The number of para-hydroxylation sites is 2. The van der Waals surface area contributed by atoms with Crippen LogP contribution in [0.15, 0.2) is 84.0 Å². The summed E-state index contributed by atoms with van der Waals surface area (Å²) < 4.78 is 4.59.